The number of carbonyl (C=O) groups is 2. The van der Waals surface area contributed by atoms with Gasteiger partial charge in [-0.05, 0) is 17.7 Å². The van der Waals surface area contributed by atoms with Crippen LogP contribution in [0.5, 0.6) is 0 Å². The molecule has 0 saturated carbocycles. The van der Waals surface area contributed by atoms with Gasteiger partial charge in [0.05, 0.1) is 13.5 Å². The summed E-state index contributed by atoms with van der Waals surface area (Å²) in [4.78, 5) is 22.2. The van der Waals surface area contributed by atoms with E-state index in [1.165, 1.54) is 13.2 Å². The maximum absolute atomic E-state index is 11.4. The number of esters is 1. The van der Waals surface area contributed by atoms with Crippen molar-refractivity contribution in [1.29, 1.82) is 0 Å². The molecule has 0 aliphatic heterocycles. The van der Waals surface area contributed by atoms with Gasteiger partial charge in [0.2, 0.25) is 5.91 Å². The highest BCUT2D eigenvalue weighted by molar-refractivity contribution is 6.32. The highest BCUT2D eigenvalue weighted by Gasteiger charge is 2.01. The van der Waals surface area contributed by atoms with Crippen molar-refractivity contribution in [2.24, 2.45) is 0 Å². The monoisotopic (exact) mass is 267 g/mol. The van der Waals surface area contributed by atoms with Gasteiger partial charge in [-0.1, -0.05) is 29.8 Å². The second kappa shape index (κ2) is 7.50. The molecule has 0 aromatic heterocycles. The molecule has 0 aliphatic rings. The lowest BCUT2D eigenvalue weighted by Gasteiger charge is -2.01. The predicted octanol–water partition coefficient (Wildman–Crippen LogP) is 2.03. The van der Waals surface area contributed by atoms with Gasteiger partial charge in [0.15, 0.2) is 0 Å². The predicted molar refractivity (Wildman–Crippen MR) is 70.1 cm³/mol. The first kappa shape index (κ1) is 14.3. The Hall–Kier alpha value is -1.81. The van der Waals surface area contributed by atoms with E-state index in [0.717, 1.165) is 5.56 Å². The minimum absolute atomic E-state index is 0.155. The van der Waals surface area contributed by atoms with Crippen LogP contribution in [0, 0.1) is 0 Å². The Kier molecular flexibility index (Phi) is 5.94. The molecule has 5 heteroatoms. The van der Waals surface area contributed by atoms with E-state index < -0.39 is 0 Å². The summed E-state index contributed by atoms with van der Waals surface area (Å²) >= 11 is 5.93. The minimum atomic E-state index is -0.356. The average Bonchev–Trinajstić information content (AvgIpc) is 2.37. The van der Waals surface area contributed by atoms with E-state index in [1.54, 1.807) is 18.2 Å². The van der Waals surface area contributed by atoms with Crippen LogP contribution in [-0.2, 0) is 14.3 Å². The molecule has 0 heterocycles. The molecule has 0 bridgehead atoms. The number of amides is 1. The van der Waals surface area contributed by atoms with Crippen LogP contribution in [0.1, 0.15) is 12.0 Å². The Balaban J connectivity index is 2.41. The number of rotatable bonds is 5. The van der Waals surface area contributed by atoms with Crippen molar-refractivity contribution < 1.29 is 14.3 Å². The van der Waals surface area contributed by atoms with Crippen LogP contribution < -0.4 is 5.32 Å². The molecule has 96 valence electrons. The molecule has 0 fully saturated rings. The van der Waals surface area contributed by atoms with Gasteiger partial charge in [-0.15, -0.1) is 0 Å². The molecule has 1 rings (SSSR count). The normalized spacial score (nSPS) is 10.3. The zero-order chi connectivity index (χ0) is 13.4. The first-order chi connectivity index (χ1) is 8.63. The molecule has 0 spiro atoms. The van der Waals surface area contributed by atoms with E-state index in [-0.39, 0.29) is 24.8 Å². The maximum atomic E-state index is 11.4. The van der Waals surface area contributed by atoms with Crippen LogP contribution in [0.25, 0.3) is 6.08 Å². The fourth-order valence-electron chi connectivity index (χ4n) is 1.22. The molecule has 1 amide bonds. The number of hydrogen-bond donors (Lipinski definition) is 1. The Morgan fingerprint density at radius 1 is 1.39 bits per heavy atom. The van der Waals surface area contributed by atoms with E-state index >= 15 is 0 Å². The minimum Gasteiger partial charge on any atom is -0.469 e. The van der Waals surface area contributed by atoms with E-state index in [0.29, 0.717) is 5.02 Å². The van der Waals surface area contributed by atoms with Crippen LogP contribution in [0.3, 0.4) is 0 Å². The molecular weight excluding hydrogens is 254 g/mol. The summed E-state index contributed by atoms with van der Waals surface area (Å²) < 4.78 is 4.45. The summed E-state index contributed by atoms with van der Waals surface area (Å²) in [7, 11) is 1.31. The number of hydrogen-bond acceptors (Lipinski definition) is 3. The number of ether oxygens (including phenoxy) is 1. The quantitative estimate of drug-likeness (QED) is 0.656. The third-order valence-corrected chi connectivity index (χ3v) is 2.52. The smallest absolute Gasteiger partial charge is 0.307 e. The van der Waals surface area contributed by atoms with E-state index in [1.807, 2.05) is 12.1 Å². The van der Waals surface area contributed by atoms with Crippen molar-refractivity contribution in [1.82, 2.24) is 5.32 Å². The van der Waals surface area contributed by atoms with Crippen molar-refractivity contribution >= 4 is 29.6 Å². The van der Waals surface area contributed by atoms with Gasteiger partial charge in [-0.3, -0.25) is 9.59 Å². The van der Waals surface area contributed by atoms with E-state index in [9.17, 15) is 9.59 Å². The number of carbonyl (C=O) groups excluding carboxylic acids is 2. The summed E-state index contributed by atoms with van der Waals surface area (Å²) in [6, 6.07) is 7.20. The molecule has 1 N–H and O–H groups in total. The van der Waals surface area contributed by atoms with Crippen LogP contribution in [0.2, 0.25) is 5.02 Å². The number of benzene rings is 1. The molecule has 0 unspecified atom stereocenters. The topological polar surface area (TPSA) is 55.4 Å². The largest absolute Gasteiger partial charge is 0.469 e. The lowest BCUT2D eigenvalue weighted by atomic mass is 10.2. The molecule has 0 atom stereocenters. The summed E-state index contributed by atoms with van der Waals surface area (Å²) in [6.45, 7) is 0.248. The number of methoxy groups -OCH3 is 1. The van der Waals surface area contributed by atoms with Gasteiger partial charge < -0.3 is 10.1 Å². The van der Waals surface area contributed by atoms with Gasteiger partial charge in [0.1, 0.15) is 0 Å². The van der Waals surface area contributed by atoms with Gasteiger partial charge in [-0.2, -0.15) is 0 Å². The van der Waals surface area contributed by atoms with Gasteiger partial charge >= 0.3 is 5.97 Å². The van der Waals surface area contributed by atoms with Crippen molar-refractivity contribution in [3.63, 3.8) is 0 Å². The fourth-order valence-corrected chi connectivity index (χ4v) is 1.42. The highest BCUT2D eigenvalue weighted by Crippen LogP contribution is 2.15. The molecule has 18 heavy (non-hydrogen) atoms. The van der Waals surface area contributed by atoms with Crippen molar-refractivity contribution in [3.05, 3.63) is 40.9 Å². The third-order valence-electron chi connectivity index (χ3n) is 2.18. The van der Waals surface area contributed by atoms with Crippen LogP contribution in [0.4, 0.5) is 0 Å². The fraction of sp³-hybridized carbons (Fsp3) is 0.231. The van der Waals surface area contributed by atoms with Gasteiger partial charge in [-0.25, -0.2) is 0 Å². The Labute approximate surface area is 111 Å². The Morgan fingerprint density at radius 2 is 2.11 bits per heavy atom. The average molecular weight is 268 g/mol. The zero-order valence-corrected chi connectivity index (χ0v) is 10.7. The lowest BCUT2D eigenvalue weighted by Crippen LogP contribution is -2.24. The highest BCUT2D eigenvalue weighted by atomic mass is 35.5. The Bertz CT molecular complexity index is 457. The van der Waals surface area contributed by atoms with Crippen LogP contribution in [0.15, 0.2) is 30.3 Å². The third kappa shape index (κ3) is 5.01. The van der Waals surface area contributed by atoms with Gasteiger partial charge in [0, 0.05) is 17.6 Å². The lowest BCUT2D eigenvalue weighted by molar-refractivity contribution is -0.140. The summed E-state index contributed by atoms with van der Waals surface area (Å²) in [6.07, 6.45) is 3.15. The number of halogens is 1. The van der Waals surface area contributed by atoms with Crippen LogP contribution in [-0.4, -0.2) is 25.5 Å². The SMILES string of the molecule is COC(=O)CCNC(=O)/C=C/c1ccccc1Cl. The first-order valence-corrected chi connectivity index (χ1v) is 5.78. The van der Waals surface area contributed by atoms with E-state index in [2.05, 4.69) is 10.1 Å². The van der Waals surface area contributed by atoms with Crippen molar-refractivity contribution in [2.75, 3.05) is 13.7 Å². The second-order valence-corrected chi connectivity index (χ2v) is 3.88. The zero-order valence-electron chi connectivity index (χ0n) is 9.98. The standard InChI is InChI=1S/C13H14ClNO3/c1-18-13(17)8-9-15-12(16)7-6-10-4-2-3-5-11(10)14/h2-7H,8-9H2,1H3,(H,15,16)/b7-6+. The molecule has 4 nitrogen and oxygen atoms in total. The second-order valence-electron chi connectivity index (χ2n) is 3.47. The van der Waals surface area contributed by atoms with Crippen LogP contribution >= 0.6 is 11.6 Å². The number of nitrogens with one attached hydrogen (secondary N) is 1. The van der Waals surface area contributed by atoms with E-state index in [4.69, 9.17) is 11.6 Å². The van der Waals surface area contributed by atoms with Gasteiger partial charge in [0.25, 0.3) is 0 Å². The molecule has 0 radical (unpaired) electrons. The summed E-state index contributed by atoms with van der Waals surface area (Å²) in [5.74, 6) is -0.635. The molecule has 0 aliphatic carbocycles. The maximum Gasteiger partial charge on any atom is 0.307 e. The summed E-state index contributed by atoms with van der Waals surface area (Å²) in [5, 5.41) is 3.15. The molecule has 1 aromatic rings. The first-order valence-electron chi connectivity index (χ1n) is 5.40. The molecule has 1 aromatic carbocycles. The van der Waals surface area contributed by atoms with Crippen molar-refractivity contribution in [3.8, 4) is 0 Å². The Morgan fingerprint density at radius 3 is 2.78 bits per heavy atom. The molecule has 0 saturated heterocycles. The summed E-state index contributed by atoms with van der Waals surface area (Å²) in [5.41, 5.74) is 0.766. The van der Waals surface area contributed by atoms with Crippen molar-refractivity contribution in [2.45, 2.75) is 6.42 Å². The molecular formula is C13H14ClNO3.